The number of nitrogens with one attached hydrogen (secondary N) is 7. The zero-order valence-electron chi connectivity index (χ0n) is 54.3. The van der Waals surface area contributed by atoms with Crippen molar-refractivity contribution in [3.63, 3.8) is 0 Å². The van der Waals surface area contributed by atoms with Gasteiger partial charge in [0.05, 0.1) is 41.3 Å². The largest absolute Gasteiger partial charge is 0.508 e. The number of amides is 7. The Bertz CT molecular complexity index is 4070. The number of aliphatic carboxylic acids is 1. The lowest BCUT2D eigenvalue weighted by Gasteiger charge is -2.47. The van der Waals surface area contributed by atoms with Crippen LogP contribution in [0, 0.1) is 5.92 Å². The van der Waals surface area contributed by atoms with Crippen molar-refractivity contribution in [3.05, 3.63) is 117 Å². The molecule has 2 fully saturated rings. The Hall–Kier alpha value is -9.20. The Morgan fingerprint density at radius 3 is 1.90 bits per heavy atom. The van der Waals surface area contributed by atoms with E-state index < -0.39 is 237 Å². The number of aliphatic hydroxyl groups is 6. The Balaban J connectivity index is 1.24. The summed E-state index contributed by atoms with van der Waals surface area (Å²) in [5.74, 6) is -16.0. The van der Waals surface area contributed by atoms with Gasteiger partial charge in [-0.1, -0.05) is 55.2 Å². The second-order valence-electron chi connectivity index (χ2n) is 25.7. The summed E-state index contributed by atoms with van der Waals surface area (Å²) in [5.41, 5.74) is 8.00. The predicted molar refractivity (Wildman–Crippen MR) is 349 cm³/mol. The first-order chi connectivity index (χ1) is 47.7. The molecule has 2 saturated heterocycles. The molecule has 7 aliphatic rings. The van der Waals surface area contributed by atoms with Crippen molar-refractivity contribution in [1.29, 1.82) is 0 Å². The van der Waals surface area contributed by atoms with Gasteiger partial charge in [-0.05, 0) is 110 Å². The minimum absolute atomic E-state index is 0.0975. The number of aromatic hydroxyl groups is 3. The number of halogens is 2. The molecule has 7 heterocycles. The van der Waals surface area contributed by atoms with Crippen LogP contribution in [0.3, 0.4) is 0 Å². The molecular weight excluding hydrogens is 1370 g/mol. The van der Waals surface area contributed by atoms with Crippen LogP contribution in [0.4, 0.5) is 0 Å². The molecule has 5 aromatic rings. The summed E-state index contributed by atoms with van der Waals surface area (Å²) in [6.45, 7) is 5.66. The quantitative estimate of drug-likeness (QED) is 0.0743. The van der Waals surface area contributed by atoms with E-state index in [-0.39, 0.29) is 46.2 Å². The molecule has 33 nitrogen and oxygen atoms in total. The highest BCUT2D eigenvalue weighted by Gasteiger charge is 2.51. The highest BCUT2D eigenvalue weighted by atomic mass is 35.5. The van der Waals surface area contributed by atoms with Gasteiger partial charge in [0.25, 0.3) is 0 Å². The molecule has 0 aromatic heterocycles. The number of ether oxygens (including phenoxy) is 6. The lowest BCUT2D eigenvalue weighted by atomic mass is 9.86. The highest BCUT2D eigenvalue weighted by Crippen LogP contribution is 2.50. The number of likely N-dealkylation sites (N-methyl/N-ethyl adjacent to an activating group) is 1. The number of hydrogen-bond donors (Lipinski definition) is 19. The van der Waals surface area contributed by atoms with Crippen LogP contribution in [0.2, 0.25) is 10.0 Å². The normalized spacial score (nSPS) is 29.4. The first-order valence-electron chi connectivity index (χ1n) is 31.6. The van der Waals surface area contributed by atoms with Crippen molar-refractivity contribution in [2.24, 2.45) is 17.4 Å². The van der Waals surface area contributed by atoms with E-state index in [0.717, 1.165) is 66.7 Å². The van der Waals surface area contributed by atoms with Crippen molar-refractivity contribution in [2.75, 3.05) is 13.7 Å². The Labute approximate surface area is 584 Å². The zero-order chi connectivity index (χ0) is 73.5. The number of rotatable bonds is 13. The topological polar surface area (TPSA) is 530 Å². The fraction of sp³-hybridized carbons (Fsp3) is 0.424. The smallest absolute Gasteiger partial charge is 0.330 e. The molecule has 542 valence electrons. The lowest BCUT2D eigenvalue weighted by Crippen LogP contribution is -2.64. The van der Waals surface area contributed by atoms with Gasteiger partial charge in [-0.25, -0.2) is 4.79 Å². The van der Waals surface area contributed by atoms with Gasteiger partial charge in [-0.2, -0.15) is 0 Å². The summed E-state index contributed by atoms with van der Waals surface area (Å²) in [7, 11) is 1.47. The van der Waals surface area contributed by atoms with Crippen LogP contribution in [-0.4, -0.2) is 191 Å². The van der Waals surface area contributed by atoms with Crippen LogP contribution >= 0.6 is 23.2 Å². The number of aliphatic hydroxyl groups excluding tert-OH is 6. The number of phenolic OH excluding ortho intramolecular Hbond substituents is 3. The van der Waals surface area contributed by atoms with Gasteiger partial charge in [0.1, 0.15) is 89.5 Å². The standard InChI is InChI=1S/C66H75Cl2N9O24/c1-23(2)12-34(71-5)58(88)76-49-51(83)26-7-10-38(32(67)14-26)97-40-16-28-17-41(55(40)101-65-56(54(86)53(85)42(22-78)99-65)100-44-21-66(4,70)57(87)24(3)96-44)98-39-11-8-27(15-33(39)68)52(84)50-63(93)75-48(64(94)95)31-18-29(79)19-37(81)45(31)30-13-25(6-9-36(30)80)46(60(90)77-50)74-61(91)47(28)73-59(89)35(20-43(69)82)72-62(49)92/h6-11,13-19,23-24,34-35,42,44,46-54,56-57,65,71,78-81,83-87H,12,20-22,70H2,1-5H3,(H2,69,82)(H,72,92)(H,73,89)(H,74,91)(H,75,93)(H,76,88)(H,77,90)(H,94,95)/t24?,34-,35+,42?,44+,46-,47-,48-,49?,50?,51-,52-,53-,54?,56?,57-,65+,66?/m1/s1. The van der Waals surface area contributed by atoms with E-state index in [1.807, 2.05) is 13.8 Å². The number of carbonyl (C=O) groups excluding carboxylic acids is 7. The minimum Gasteiger partial charge on any atom is -0.508 e. The number of fused-ring (bicyclic) bond motifs is 15. The first kappa shape index (κ1) is 74.5. The SMILES string of the molecule is CN[C@H](CC(C)C)C(=O)NC1C(=O)N[C@@H](CC(N)=O)C(=O)N[C@H]2C(=O)N[C@H]3C(=O)NC(C(=O)N[C@@H](C(=O)O)c4cc(O)cc(O)c4-c4cc3ccc4O)[C@H](O)c3ccc(c(Cl)c3)Oc3cc2cc(c3O[C@@H]2OC(CO)[C@@H](O)C(O)C2O[C@H]2CC(C)(N)[C@H](O)C(C)O2)Oc2ccc(cc2Cl)[C@H]1O. The lowest BCUT2D eigenvalue weighted by molar-refractivity contribution is -0.333. The van der Waals surface area contributed by atoms with Gasteiger partial charge in [-0.15, -0.1) is 0 Å². The number of carboxylic acid groups (broad SMARTS) is 1. The molecule has 5 aromatic carbocycles. The van der Waals surface area contributed by atoms with Crippen LogP contribution in [-0.2, 0) is 52.6 Å². The predicted octanol–water partition coefficient (Wildman–Crippen LogP) is 0.106. The van der Waals surface area contributed by atoms with Crippen molar-refractivity contribution in [2.45, 2.75) is 156 Å². The van der Waals surface area contributed by atoms with Gasteiger partial charge in [0.2, 0.25) is 53.4 Å². The molecule has 12 rings (SSSR count). The molecule has 21 N–H and O–H groups in total. The summed E-state index contributed by atoms with van der Waals surface area (Å²) in [6.07, 6.45) is -18.6. The van der Waals surface area contributed by atoms with Crippen molar-refractivity contribution in [3.8, 4) is 57.1 Å². The number of hydrogen-bond acceptors (Lipinski definition) is 25. The highest BCUT2D eigenvalue weighted by molar-refractivity contribution is 6.32. The molecular formula is C66H75Cl2N9O24. The number of carboxylic acids is 1. The molecule has 0 radical (unpaired) electrons. The van der Waals surface area contributed by atoms with Gasteiger partial charge in [-0.3, -0.25) is 33.6 Å². The number of carbonyl (C=O) groups is 8. The summed E-state index contributed by atoms with van der Waals surface area (Å²) in [4.78, 5) is 117. The van der Waals surface area contributed by atoms with Crippen LogP contribution in [0.15, 0.2) is 78.9 Å². The van der Waals surface area contributed by atoms with E-state index in [1.54, 1.807) is 0 Å². The molecule has 11 bridgehead atoms. The number of nitrogens with two attached hydrogens (primary N) is 2. The van der Waals surface area contributed by atoms with E-state index >= 15 is 14.4 Å². The maximum atomic E-state index is 16.0. The second kappa shape index (κ2) is 30.2. The maximum Gasteiger partial charge on any atom is 0.330 e. The first-order valence-corrected chi connectivity index (χ1v) is 32.4. The third kappa shape index (κ3) is 15.8. The summed E-state index contributed by atoms with van der Waals surface area (Å²) >= 11 is 14.1. The Morgan fingerprint density at radius 2 is 1.32 bits per heavy atom. The number of primary amides is 1. The molecule has 35 heteroatoms. The van der Waals surface area contributed by atoms with E-state index in [0.29, 0.717) is 0 Å². The third-order valence-corrected chi connectivity index (χ3v) is 18.4. The molecule has 7 unspecified atom stereocenters. The van der Waals surface area contributed by atoms with Crippen molar-refractivity contribution in [1.82, 2.24) is 37.2 Å². The van der Waals surface area contributed by atoms with Crippen molar-refractivity contribution >= 4 is 70.5 Å². The van der Waals surface area contributed by atoms with Crippen LogP contribution in [0.5, 0.6) is 46.0 Å². The number of phenols is 3. The Morgan fingerprint density at radius 1 is 0.713 bits per heavy atom. The average Bonchev–Trinajstić information content (AvgIpc) is 0.775. The fourth-order valence-electron chi connectivity index (χ4n) is 12.5. The Kier molecular flexibility index (Phi) is 22.2. The second-order valence-corrected chi connectivity index (χ2v) is 26.5. The molecule has 101 heavy (non-hydrogen) atoms. The molecule has 7 aliphatic heterocycles. The summed E-state index contributed by atoms with van der Waals surface area (Å²) in [6, 6.07) is -0.679. The van der Waals surface area contributed by atoms with Gasteiger partial charge in [0, 0.05) is 34.7 Å². The minimum atomic E-state index is -2.35. The van der Waals surface area contributed by atoms with E-state index in [4.69, 9.17) is 63.1 Å². The van der Waals surface area contributed by atoms with Gasteiger partial charge in [0.15, 0.2) is 29.9 Å². The van der Waals surface area contributed by atoms with Crippen molar-refractivity contribution < 1.29 is 118 Å². The van der Waals surface area contributed by atoms with Crippen LogP contribution < -0.4 is 62.9 Å². The fourth-order valence-corrected chi connectivity index (χ4v) is 12.9. The van der Waals surface area contributed by atoms with Crippen LogP contribution in [0.25, 0.3) is 11.1 Å². The monoisotopic (exact) mass is 1450 g/mol. The summed E-state index contributed by atoms with van der Waals surface area (Å²) in [5, 5.41) is 131. The van der Waals surface area contributed by atoms with E-state index in [1.165, 1.54) is 33.0 Å². The summed E-state index contributed by atoms with van der Waals surface area (Å²) < 4.78 is 38.3. The van der Waals surface area contributed by atoms with E-state index in [2.05, 4.69) is 37.2 Å². The zero-order valence-corrected chi connectivity index (χ0v) is 55.8. The van der Waals surface area contributed by atoms with Gasteiger partial charge < -0.3 is 128 Å². The van der Waals surface area contributed by atoms with E-state index in [9.17, 15) is 75.0 Å². The third-order valence-electron chi connectivity index (χ3n) is 17.8. The molecule has 18 atom stereocenters. The molecule has 0 spiro atoms. The molecule has 7 amide bonds. The molecule has 0 saturated carbocycles. The maximum absolute atomic E-state index is 16.0. The average molecular weight is 1450 g/mol. The molecule has 0 aliphatic carbocycles. The van der Waals surface area contributed by atoms with Crippen LogP contribution in [0.1, 0.15) is 105 Å². The number of benzene rings is 5. The van der Waals surface area contributed by atoms with Gasteiger partial charge >= 0.3 is 5.97 Å².